The van der Waals surface area contributed by atoms with Crippen molar-refractivity contribution in [2.24, 2.45) is 5.73 Å². The zero-order chi connectivity index (χ0) is 9.52. The Balaban J connectivity index is 1.96. The Morgan fingerprint density at radius 1 is 1.62 bits per heavy atom. The first-order chi connectivity index (χ1) is 6.29. The summed E-state index contributed by atoms with van der Waals surface area (Å²) in [7, 11) is 0. The molecule has 0 amide bonds. The Bertz CT molecular complexity index is 209. The Hall–Kier alpha value is -0.480. The third kappa shape index (κ3) is 4.95. The molecule has 1 heterocycles. The summed E-state index contributed by atoms with van der Waals surface area (Å²) in [4.78, 5) is 3.99. The van der Waals surface area contributed by atoms with Gasteiger partial charge in [0.05, 0.1) is 6.33 Å². The van der Waals surface area contributed by atoms with Crippen LogP contribution in [0.4, 0.5) is 0 Å². The molecule has 3 nitrogen and oxygen atoms in total. The Kier molecular flexibility index (Phi) is 4.93. The second-order valence-electron chi connectivity index (χ2n) is 3.21. The number of rotatable bonds is 6. The van der Waals surface area contributed by atoms with E-state index in [4.69, 9.17) is 5.73 Å². The van der Waals surface area contributed by atoms with Crippen molar-refractivity contribution in [2.75, 3.05) is 11.5 Å². The van der Waals surface area contributed by atoms with Gasteiger partial charge in [0.15, 0.2) is 0 Å². The fraction of sp³-hybridized carbons (Fsp3) is 0.667. The van der Waals surface area contributed by atoms with Crippen LogP contribution in [0, 0.1) is 0 Å². The van der Waals surface area contributed by atoms with E-state index in [2.05, 4.69) is 9.55 Å². The summed E-state index contributed by atoms with van der Waals surface area (Å²) in [5.41, 5.74) is 5.63. The molecule has 74 valence electrons. The van der Waals surface area contributed by atoms with E-state index in [1.54, 1.807) is 0 Å². The lowest BCUT2D eigenvalue weighted by Gasteiger charge is -2.04. The largest absolute Gasteiger partial charge is 0.337 e. The van der Waals surface area contributed by atoms with Crippen LogP contribution in [-0.4, -0.2) is 27.1 Å². The standard InChI is InChI=1S/C9H17N3S/c1-9(10)7-13-6-2-4-12-5-3-11-8-12/h3,5,8-9H,2,4,6-7,10H2,1H3. The molecule has 0 aliphatic carbocycles. The van der Waals surface area contributed by atoms with Crippen LogP contribution in [0.1, 0.15) is 13.3 Å². The molecule has 1 rings (SSSR count). The predicted molar refractivity (Wildman–Crippen MR) is 57.8 cm³/mol. The summed E-state index contributed by atoms with van der Waals surface area (Å²) in [6.07, 6.45) is 6.86. The molecule has 0 aliphatic rings. The number of nitrogens with zero attached hydrogens (tertiary/aromatic N) is 2. The fourth-order valence-corrected chi connectivity index (χ4v) is 1.91. The summed E-state index contributed by atoms with van der Waals surface area (Å²) >= 11 is 1.92. The van der Waals surface area contributed by atoms with Gasteiger partial charge in [0.1, 0.15) is 0 Å². The summed E-state index contributed by atoms with van der Waals surface area (Å²) in [5, 5.41) is 0. The van der Waals surface area contributed by atoms with Gasteiger partial charge in [0.25, 0.3) is 0 Å². The number of nitrogens with two attached hydrogens (primary N) is 1. The molecule has 0 radical (unpaired) electrons. The van der Waals surface area contributed by atoms with Gasteiger partial charge in [-0.15, -0.1) is 0 Å². The topological polar surface area (TPSA) is 43.8 Å². The lowest BCUT2D eigenvalue weighted by Crippen LogP contribution is -2.17. The van der Waals surface area contributed by atoms with Crippen molar-refractivity contribution < 1.29 is 0 Å². The number of aryl methyl sites for hydroxylation is 1. The van der Waals surface area contributed by atoms with E-state index in [0.717, 1.165) is 12.3 Å². The molecule has 0 saturated heterocycles. The molecule has 0 aromatic carbocycles. The van der Waals surface area contributed by atoms with Crippen LogP contribution in [0.25, 0.3) is 0 Å². The maximum Gasteiger partial charge on any atom is 0.0945 e. The highest BCUT2D eigenvalue weighted by Crippen LogP contribution is 2.04. The average Bonchev–Trinajstić information content (AvgIpc) is 2.55. The van der Waals surface area contributed by atoms with E-state index in [1.165, 1.54) is 12.2 Å². The number of hydrogen-bond donors (Lipinski definition) is 1. The lowest BCUT2D eigenvalue weighted by molar-refractivity contribution is 0.683. The van der Waals surface area contributed by atoms with Crippen LogP contribution in [-0.2, 0) is 6.54 Å². The van der Waals surface area contributed by atoms with Gasteiger partial charge in [-0.25, -0.2) is 4.98 Å². The molecule has 0 saturated carbocycles. The van der Waals surface area contributed by atoms with E-state index >= 15 is 0 Å². The minimum absolute atomic E-state index is 0.318. The smallest absolute Gasteiger partial charge is 0.0945 e. The first-order valence-corrected chi connectivity index (χ1v) is 5.73. The second kappa shape index (κ2) is 6.05. The molecular formula is C9H17N3S. The summed E-state index contributed by atoms with van der Waals surface area (Å²) in [6.45, 7) is 3.11. The second-order valence-corrected chi connectivity index (χ2v) is 4.36. The highest BCUT2D eigenvalue weighted by atomic mass is 32.2. The number of imidazole rings is 1. The Morgan fingerprint density at radius 2 is 2.46 bits per heavy atom. The maximum absolute atomic E-state index is 5.63. The van der Waals surface area contributed by atoms with E-state index in [1.807, 2.05) is 37.4 Å². The molecule has 0 bridgehead atoms. The Morgan fingerprint density at radius 3 is 3.08 bits per heavy atom. The number of hydrogen-bond acceptors (Lipinski definition) is 3. The molecule has 1 atom stereocenters. The van der Waals surface area contributed by atoms with Gasteiger partial charge in [-0.1, -0.05) is 0 Å². The van der Waals surface area contributed by atoms with Crippen LogP contribution in [0.15, 0.2) is 18.7 Å². The van der Waals surface area contributed by atoms with Crippen molar-refractivity contribution in [3.05, 3.63) is 18.7 Å². The zero-order valence-electron chi connectivity index (χ0n) is 8.02. The number of thioether (sulfide) groups is 1. The minimum atomic E-state index is 0.318. The van der Waals surface area contributed by atoms with Crippen molar-refractivity contribution in [1.29, 1.82) is 0 Å². The third-order valence-corrected chi connectivity index (χ3v) is 2.98. The van der Waals surface area contributed by atoms with Gasteiger partial charge < -0.3 is 10.3 Å². The first-order valence-electron chi connectivity index (χ1n) is 4.58. The van der Waals surface area contributed by atoms with Crippen LogP contribution in [0.3, 0.4) is 0 Å². The van der Waals surface area contributed by atoms with E-state index in [-0.39, 0.29) is 0 Å². The molecule has 0 aliphatic heterocycles. The normalized spacial score (nSPS) is 13.1. The van der Waals surface area contributed by atoms with Crippen molar-refractivity contribution in [1.82, 2.24) is 9.55 Å². The summed E-state index contributed by atoms with van der Waals surface area (Å²) < 4.78 is 2.10. The SMILES string of the molecule is CC(N)CSCCCn1ccnc1. The third-order valence-electron chi connectivity index (χ3n) is 1.64. The average molecular weight is 199 g/mol. The molecule has 1 aromatic heterocycles. The highest BCUT2D eigenvalue weighted by Gasteiger charge is 1.94. The summed E-state index contributed by atoms with van der Waals surface area (Å²) in [5.74, 6) is 2.24. The first kappa shape index (κ1) is 10.6. The fourth-order valence-electron chi connectivity index (χ4n) is 1.04. The van der Waals surface area contributed by atoms with Gasteiger partial charge in [0.2, 0.25) is 0 Å². The van der Waals surface area contributed by atoms with E-state index in [0.29, 0.717) is 6.04 Å². The van der Waals surface area contributed by atoms with Gasteiger partial charge in [-0.3, -0.25) is 0 Å². The number of aromatic nitrogens is 2. The monoisotopic (exact) mass is 199 g/mol. The lowest BCUT2D eigenvalue weighted by atomic mass is 10.4. The molecule has 2 N–H and O–H groups in total. The molecule has 13 heavy (non-hydrogen) atoms. The zero-order valence-corrected chi connectivity index (χ0v) is 8.83. The van der Waals surface area contributed by atoms with Crippen LogP contribution in [0.2, 0.25) is 0 Å². The molecule has 1 aromatic rings. The molecule has 0 spiro atoms. The van der Waals surface area contributed by atoms with Crippen LogP contribution in [0.5, 0.6) is 0 Å². The molecule has 1 unspecified atom stereocenters. The van der Waals surface area contributed by atoms with E-state index in [9.17, 15) is 0 Å². The molecule has 4 heteroatoms. The van der Waals surface area contributed by atoms with E-state index < -0.39 is 0 Å². The quantitative estimate of drug-likeness (QED) is 0.703. The highest BCUT2D eigenvalue weighted by molar-refractivity contribution is 7.99. The van der Waals surface area contributed by atoms with Gasteiger partial charge in [-0.05, 0) is 19.1 Å². The van der Waals surface area contributed by atoms with Gasteiger partial charge >= 0.3 is 0 Å². The van der Waals surface area contributed by atoms with Crippen molar-refractivity contribution in [3.63, 3.8) is 0 Å². The molecular weight excluding hydrogens is 182 g/mol. The van der Waals surface area contributed by atoms with Gasteiger partial charge in [0, 0.05) is 30.7 Å². The maximum atomic E-state index is 5.63. The van der Waals surface area contributed by atoms with Crippen LogP contribution >= 0.6 is 11.8 Å². The Labute approximate surface area is 83.7 Å². The minimum Gasteiger partial charge on any atom is -0.337 e. The van der Waals surface area contributed by atoms with Gasteiger partial charge in [-0.2, -0.15) is 11.8 Å². The predicted octanol–water partition coefficient (Wildman–Crippen LogP) is 1.35. The van der Waals surface area contributed by atoms with Crippen LogP contribution < -0.4 is 5.73 Å². The molecule has 0 fully saturated rings. The van der Waals surface area contributed by atoms with Crippen molar-refractivity contribution >= 4 is 11.8 Å². The summed E-state index contributed by atoms with van der Waals surface area (Å²) in [6, 6.07) is 0.318. The van der Waals surface area contributed by atoms with Crippen molar-refractivity contribution in [3.8, 4) is 0 Å². The van der Waals surface area contributed by atoms with Crippen molar-refractivity contribution in [2.45, 2.75) is 25.9 Å².